The number of thiazole rings is 1. The van der Waals surface area contributed by atoms with E-state index in [0.717, 1.165) is 43.3 Å². The highest BCUT2D eigenvalue weighted by Gasteiger charge is 2.70. The van der Waals surface area contributed by atoms with Gasteiger partial charge in [-0.15, -0.1) is 11.8 Å². The number of halogens is 1. The predicted octanol–water partition coefficient (Wildman–Crippen LogP) is 6.38. The number of aromatic nitrogens is 1. The highest BCUT2D eigenvalue weighted by molar-refractivity contribution is 9.10. The normalized spacial score (nSPS) is 26.0. The van der Waals surface area contributed by atoms with Crippen molar-refractivity contribution in [3.05, 3.63) is 102 Å². The number of aryl methyl sites for hydroxylation is 1. The molecule has 8 rings (SSSR count). The molecule has 256 valence electrons. The molecule has 0 spiro atoms. The number of hydrogen-bond donors (Lipinski definition) is 2. The molecule has 1 saturated heterocycles. The fourth-order valence-corrected chi connectivity index (χ4v) is 11.8. The number of H-pyrrole nitrogens is 1. The van der Waals surface area contributed by atoms with Gasteiger partial charge in [-0.2, -0.15) is 0 Å². The molecule has 4 aliphatic rings. The molecule has 2 saturated carbocycles. The van der Waals surface area contributed by atoms with Crippen LogP contribution >= 0.6 is 39.0 Å². The molecule has 4 unspecified atom stereocenters. The number of ether oxygens (including phenoxy) is 2. The lowest BCUT2D eigenvalue weighted by Gasteiger charge is -2.43. The first kappa shape index (κ1) is 33.0. The number of anilines is 2. The Morgan fingerprint density at radius 1 is 1.00 bits per heavy atom. The van der Waals surface area contributed by atoms with Gasteiger partial charge in [-0.3, -0.25) is 24.1 Å². The molecule has 3 amide bonds. The largest absolute Gasteiger partial charge is 0.483 e. The molecule has 2 bridgehead atoms. The van der Waals surface area contributed by atoms with Crippen LogP contribution in [0.15, 0.2) is 81.0 Å². The molecular formula is C37H32BrN3O7S2. The number of aromatic amines is 1. The van der Waals surface area contributed by atoms with Crippen LogP contribution in [0.5, 0.6) is 5.75 Å². The Labute approximate surface area is 304 Å². The van der Waals surface area contributed by atoms with Crippen molar-refractivity contribution in [1.82, 2.24) is 4.98 Å². The van der Waals surface area contributed by atoms with Gasteiger partial charge in [-0.1, -0.05) is 45.5 Å². The topological polar surface area (TPSA) is 135 Å². The quantitative estimate of drug-likeness (QED) is 0.156. The van der Waals surface area contributed by atoms with Gasteiger partial charge in [-0.25, -0.2) is 4.79 Å². The van der Waals surface area contributed by atoms with E-state index in [1.807, 2.05) is 49.4 Å². The SMILES string of the molecule is CCOC(=O)c1ccc(N2C(=O)C3C(C2=O)[C@@H]2C[C@H]3C3Sc4[nH]c(=O)sc4[C@H](c4cc(Br)ccc4OCC(=O)Nc4ccccc4C)C32)cc1. The van der Waals surface area contributed by atoms with Crippen LogP contribution in [0.2, 0.25) is 0 Å². The predicted molar refractivity (Wildman–Crippen MR) is 193 cm³/mol. The number of para-hydroxylation sites is 1. The molecule has 4 aromatic rings. The minimum atomic E-state index is -0.504. The average molecular weight is 775 g/mol. The van der Waals surface area contributed by atoms with Gasteiger partial charge in [0.2, 0.25) is 11.8 Å². The number of fused-ring (bicyclic) bond motifs is 9. The van der Waals surface area contributed by atoms with Crippen LogP contribution in [0.1, 0.15) is 45.6 Å². The lowest BCUT2D eigenvalue weighted by Crippen LogP contribution is -2.42. The van der Waals surface area contributed by atoms with Gasteiger partial charge < -0.3 is 19.8 Å². The Morgan fingerprint density at radius 2 is 1.74 bits per heavy atom. The summed E-state index contributed by atoms with van der Waals surface area (Å²) in [6.45, 7) is 3.68. The number of thioether (sulfide) groups is 1. The highest BCUT2D eigenvalue weighted by atomic mass is 79.9. The lowest BCUT2D eigenvalue weighted by molar-refractivity contribution is -0.123. The Balaban J connectivity index is 1.11. The Hall–Kier alpha value is -4.20. The van der Waals surface area contributed by atoms with E-state index in [-0.39, 0.29) is 64.7 Å². The molecule has 2 aliphatic heterocycles. The number of carbonyl (C=O) groups is 4. The number of hydrogen-bond acceptors (Lipinski definition) is 9. The number of esters is 1. The molecule has 1 aromatic heterocycles. The Kier molecular flexibility index (Phi) is 8.47. The van der Waals surface area contributed by atoms with Crippen LogP contribution in [0.3, 0.4) is 0 Å². The zero-order valence-electron chi connectivity index (χ0n) is 27.0. The number of nitrogens with one attached hydrogen (secondary N) is 2. The van der Waals surface area contributed by atoms with Crippen molar-refractivity contribution >= 4 is 74.1 Å². The van der Waals surface area contributed by atoms with Crippen molar-refractivity contribution in [1.29, 1.82) is 0 Å². The van der Waals surface area contributed by atoms with Crippen LogP contribution in [0.4, 0.5) is 11.4 Å². The van der Waals surface area contributed by atoms with Gasteiger partial charge in [0.25, 0.3) is 5.91 Å². The van der Waals surface area contributed by atoms with Crippen molar-refractivity contribution in [2.45, 2.75) is 36.5 Å². The maximum absolute atomic E-state index is 14.2. The fourth-order valence-electron chi connectivity index (χ4n) is 8.52. The number of imide groups is 1. The standard InChI is InChI=1S/C37H32BrN3O7S2/c1-3-47-36(45)18-8-11-20(12-9-18)41-34(43)29-22-15-23(30(29)35(41)44)31-28(22)27(32-33(49-31)40-37(46)50-32)21-14-19(38)10-13-25(21)48-16-26(42)39-24-7-5-4-6-17(24)2/h4-14,22-23,27-31H,3,15-16H2,1-2H3,(H,39,42)(H,40,46)/t22-,23-,27-,28?,29?,30?,31?/m1/s1. The number of carbonyl (C=O) groups excluding carboxylic acids is 4. The molecule has 7 atom stereocenters. The van der Waals surface area contributed by atoms with Gasteiger partial charge in [-0.05, 0) is 92.1 Å². The molecule has 3 aromatic carbocycles. The molecule has 13 heteroatoms. The van der Waals surface area contributed by atoms with E-state index >= 15 is 0 Å². The first-order valence-electron chi connectivity index (χ1n) is 16.5. The van der Waals surface area contributed by atoms with E-state index < -0.39 is 17.8 Å². The Morgan fingerprint density at radius 3 is 2.48 bits per heavy atom. The van der Waals surface area contributed by atoms with E-state index in [1.165, 1.54) is 4.90 Å². The minimum absolute atomic E-state index is 0.0249. The second-order valence-corrected chi connectivity index (χ2v) is 16.2. The maximum atomic E-state index is 14.2. The zero-order valence-corrected chi connectivity index (χ0v) is 30.2. The first-order valence-corrected chi connectivity index (χ1v) is 19.0. The summed E-state index contributed by atoms with van der Waals surface area (Å²) in [4.78, 5) is 71.4. The van der Waals surface area contributed by atoms with Crippen molar-refractivity contribution in [2.24, 2.45) is 29.6 Å². The molecule has 3 fully saturated rings. The van der Waals surface area contributed by atoms with Gasteiger partial charge in [0.1, 0.15) is 5.75 Å². The third-order valence-electron chi connectivity index (χ3n) is 10.4. The van der Waals surface area contributed by atoms with Gasteiger partial charge >= 0.3 is 10.8 Å². The van der Waals surface area contributed by atoms with E-state index in [9.17, 15) is 24.0 Å². The van der Waals surface area contributed by atoms with E-state index in [1.54, 1.807) is 43.0 Å². The number of rotatable bonds is 8. The van der Waals surface area contributed by atoms with Gasteiger partial charge in [0.05, 0.1) is 34.7 Å². The molecule has 2 aliphatic carbocycles. The molecule has 3 heterocycles. The monoisotopic (exact) mass is 773 g/mol. The van der Waals surface area contributed by atoms with Crippen LogP contribution in [0, 0.1) is 36.5 Å². The Bertz CT molecular complexity index is 2110. The second kappa shape index (κ2) is 12.8. The van der Waals surface area contributed by atoms with E-state index in [2.05, 4.69) is 26.2 Å². The third-order valence-corrected chi connectivity index (χ3v) is 13.5. The number of benzene rings is 3. The summed E-state index contributed by atoms with van der Waals surface area (Å²) in [7, 11) is 0. The number of amides is 3. The average Bonchev–Trinajstić information content (AvgIpc) is 3.84. The molecule has 0 radical (unpaired) electrons. The molecule has 10 nitrogen and oxygen atoms in total. The van der Waals surface area contributed by atoms with Crippen molar-refractivity contribution in [3.8, 4) is 5.75 Å². The van der Waals surface area contributed by atoms with Crippen LogP contribution in [-0.2, 0) is 19.1 Å². The van der Waals surface area contributed by atoms with Crippen molar-refractivity contribution < 1.29 is 28.7 Å². The zero-order chi connectivity index (χ0) is 34.8. The smallest absolute Gasteiger partial charge is 0.338 e. The highest BCUT2D eigenvalue weighted by Crippen LogP contribution is 2.69. The summed E-state index contributed by atoms with van der Waals surface area (Å²) < 4.78 is 12.1. The van der Waals surface area contributed by atoms with Gasteiger partial charge in [0, 0.05) is 31.8 Å². The third kappa shape index (κ3) is 5.41. The van der Waals surface area contributed by atoms with Gasteiger partial charge in [0.15, 0.2) is 6.61 Å². The maximum Gasteiger partial charge on any atom is 0.338 e. The lowest BCUT2D eigenvalue weighted by atomic mass is 9.68. The van der Waals surface area contributed by atoms with E-state index in [4.69, 9.17) is 9.47 Å². The first-order chi connectivity index (χ1) is 24.1. The van der Waals surface area contributed by atoms with Crippen molar-refractivity contribution in [3.63, 3.8) is 0 Å². The van der Waals surface area contributed by atoms with Crippen molar-refractivity contribution in [2.75, 3.05) is 23.4 Å². The van der Waals surface area contributed by atoms with E-state index in [0.29, 0.717) is 22.7 Å². The number of nitrogens with zero attached hydrogens (tertiary/aromatic N) is 1. The van der Waals surface area contributed by atoms with Crippen LogP contribution < -0.4 is 19.8 Å². The molecule has 50 heavy (non-hydrogen) atoms. The van der Waals surface area contributed by atoms with Crippen LogP contribution in [-0.4, -0.2) is 47.1 Å². The summed E-state index contributed by atoms with van der Waals surface area (Å²) in [6, 6.07) is 19.6. The summed E-state index contributed by atoms with van der Waals surface area (Å²) in [5.74, 6) is -2.23. The molecular weight excluding hydrogens is 742 g/mol. The molecule has 2 N–H and O–H groups in total. The van der Waals surface area contributed by atoms with Crippen LogP contribution in [0.25, 0.3) is 0 Å². The fraction of sp³-hybridized carbons (Fsp3) is 0.324. The summed E-state index contributed by atoms with van der Waals surface area (Å²) >= 11 is 6.40. The summed E-state index contributed by atoms with van der Waals surface area (Å²) in [6.07, 6.45) is 0.726. The minimum Gasteiger partial charge on any atom is -0.483 e. The second-order valence-electron chi connectivity index (χ2n) is 13.1. The summed E-state index contributed by atoms with van der Waals surface area (Å²) in [5.41, 5.74) is 3.25. The summed E-state index contributed by atoms with van der Waals surface area (Å²) in [5, 5.41) is 3.67.